The molecule has 1 amide bonds. The maximum absolute atomic E-state index is 11.0. The number of halogens is 1. The third kappa shape index (κ3) is 2.29. The number of hydrogen-bond acceptors (Lipinski definition) is 3. The lowest BCUT2D eigenvalue weighted by atomic mass is 10.4. The average molecular weight is 243 g/mol. The Morgan fingerprint density at radius 3 is 3.08 bits per heavy atom. The van der Waals surface area contributed by atoms with Gasteiger partial charge in [0.05, 0.1) is 18.0 Å². The highest BCUT2D eigenvalue weighted by molar-refractivity contribution is 9.10. The smallest absolute Gasteiger partial charge is 0.238 e. The van der Waals surface area contributed by atoms with Crippen LogP contribution in [0, 0.1) is 11.3 Å². The second kappa shape index (κ2) is 4.05. The zero-order valence-corrected chi connectivity index (χ0v) is 8.50. The first kappa shape index (κ1) is 9.74. The van der Waals surface area contributed by atoms with E-state index in [9.17, 15) is 4.79 Å². The summed E-state index contributed by atoms with van der Waals surface area (Å²) in [6, 6.07) is 1.76. The number of aryl methyl sites for hydroxylation is 1. The second-order valence-corrected chi connectivity index (χ2v) is 3.11. The highest BCUT2D eigenvalue weighted by atomic mass is 79.9. The molecule has 5 nitrogen and oxygen atoms in total. The van der Waals surface area contributed by atoms with Crippen LogP contribution in [0.3, 0.4) is 0 Å². The summed E-state index contributed by atoms with van der Waals surface area (Å²) >= 11 is 3.23. The number of hydrogen-bond donors (Lipinski definition) is 1. The van der Waals surface area contributed by atoms with Gasteiger partial charge in [0.15, 0.2) is 0 Å². The van der Waals surface area contributed by atoms with Crippen molar-refractivity contribution in [3.63, 3.8) is 0 Å². The summed E-state index contributed by atoms with van der Waals surface area (Å²) in [5.74, 6) is -0.337. The second-order valence-electron chi connectivity index (χ2n) is 2.36. The molecule has 0 atom stereocenters. The molecule has 0 aliphatic carbocycles. The fraction of sp³-hybridized carbons (Fsp3) is 0.286. The maximum atomic E-state index is 11.0. The molecule has 0 unspecified atom stereocenters. The fourth-order valence-corrected chi connectivity index (χ4v) is 1.07. The number of amides is 1. The number of nitrogens with zero attached hydrogens (tertiary/aromatic N) is 3. The van der Waals surface area contributed by atoms with Crippen LogP contribution in [0.4, 0.5) is 5.69 Å². The van der Waals surface area contributed by atoms with Crippen molar-refractivity contribution in [1.82, 2.24) is 9.78 Å². The van der Waals surface area contributed by atoms with Gasteiger partial charge in [0.2, 0.25) is 5.91 Å². The van der Waals surface area contributed by atoms with Crippen molar-refractivity contribution in [3.8, 4) is 6.07 Å². The number of aromatic nitrogens is 2. The Balaban J connectivity index is 2.70. The van der Waals surface area contributed by atoms with Gasteiger partial charge < -0.3 is 5.32 Å². The molecule has 0 aliphatic rings. The van der Waals surface area contributed by atoms with Crippen molar-refractivity contribution >= 4 is 27.5 Å². The summed E-state index contributed by atoms with van der Waals surface area (Å²) in [6.45, 7) is 0. The van der Waals surface area contributed by atoms with E-state index in [2.05, 4.69) is 26.3 Å². The van der Waals surface area contributed by atoms with E-state index in [1.165, 1.54) is 6.20 Å². The van der Waals surface area contributed by atoms with Crippen LogP contribution in [0.25, 0.3) is 0 Å². The molecule has 0 radical (unpaired) electrons. The number of nitrogens with one attached hydrogen (secondary N) is 1. The lowest BCUT2D eigenvalue weighted by molar-refractivity contribution is -0.115. The minimum Gasteiger partial charge on any atom is -0.322 e. The number of anilines is 1. The molecule has 0 bridgehead atoms. The minimum absolute atomic E-state index is 0.151. The molecule has 0 saturated carbocycles. The van der Waals surface area contributed by atoms with Gasteiger partial charge in [0, 0.05) is 7.05 Å². The van der Waals surface area contributed by atoms with E-state index in [0.29, 0.717) is 10.3 Å². The van der Waals surface area contributed by atoms with E-state index >= 15 is 0 Å². The summed E-state index contributed by atoms with van der Waals surface area (Å²) in [6.07, 6.45) is 1.36. The summed E-state index contributed by atoms with van der Waals surface area (Å²) in [4.78, 5) is 11.0. The van der Waals surface area contributed by atoms with E-state index < -0.39 is 0 Å². The largest absolute Gasteiger partial charge is 0.322 e. The van der Waals surface area contributed by atoms with Crippen molar-refractivity contribution in [1.29, 1.82) is 5.26 Å². The quantitative estimate of drug-likeness (QED) is 0.843. The van der Waals surface area contributed by atoms with Gasteiger partial charge in [-0.2, -0.15) is 10.4 Å². The zero-order valence-electron chi connectivity index (χ0n) is 6.91. The van der Waals surface area contributed by atoms with Crippen molar-refractivity contribution in [2.24, 2.45) is 7.05 Å². The predicted octanol–water partition coefficient (Wildman–Crippen LogP) is 1.03. The molecule has 1 N–H and O–H groups in total. The molecule has 1 rings (SSSR count). The first-order valence-electron chi connectivity index (χ1n) is 3.49. The van der Waals surface area contributed by atoms with Crippen molar-refractivity contribution in [2.45, 2.75) is 6.42 Å². The van der Waals surface area contributed by atoms with Crippen LogP contribution in [-0.2, 0) is 11.8 Å². The Morgan fingerprint density at radius 2 is 2.62 bits per heavy atom. The van der Waals surface area contributed by atoms with Gasteiger partial charge in [0.25, 0.3) is 0 Å². The molecule has 6 heteroatoms. The zero-order chi connectivity index (χ0) is 9.84. The van der Waals surface area contributed by atoms with Gasteiger partial charge in [-0.1, -0.05) is 0 Å². The SMILES string of the molecule is Cn1ncc(NC(=O)CC#N)c1Br. The van der Waals surface area contributed by atoms with Gasteiger partial charge in [0.1, 0.15) is 11.0 Å². The normalized spacial score (nSPS) is 9.31. The lowest BCUT2D eigenvalue weighted by Crippen LogP contribution is -2.09. The van der Waals surface area contributed by atoms with E-state index in [4.69, 9.17) is 5.26 Å². The van der Waals surface area contributed by atoms with E-state index in [1.807, 2.05) is 0 Å². The van der Waals surface area contributed by atoms with Crippen LogP contribution in [0.5, 0.6) is 0 Å². The van der Waals surface area contributed by atoms with E-state index in [1.54, 1.807) is 17.8 Å². The third-order valence-corrected chi connectivity index (χ3v) is 2.32. The van der Waals surface area contributed by atoms with E-state index in [-0.39, 0.29) is 12.3 Å². The van der Waals surface area contributed by atoms with Gasteiger partial charge in [-0.15, -0.1) is 0 Å². The van der Waals surface area contributed by atoms with Crippen LogP contribution >= 0.6 is 15.9 Å². The Labute approximate surface area is 83.5 Å². The highest BCUT2D eigenvalue weighted by Crippen LogP contribution is 2.20. The van der Waals surface area contributed by atoms with Crippen LogP contribution in [0.2, 0.25) is 0 Å². The number of carbonyl (C=O) groups is 1. The van der Waals surface area contributed by atoms with E-state index in [0.717, 1.165) is 0 Å². The Kier molecular flexibility index (Phi) is 3.03. The first-order valence-corrected chi connectivity index (χ1v) is 4.28. The highest BCUT2D eigenvalue weighted by Gasteiger charge is 2.07. The fourth-order valence-electron chi connectivity index (χ4n) is 0.773. The van der Waals surface area contributed by atoms with Crippen LogP contribution in [0.15, 0.2) is 10.8 Å². The molecule has 1 aromatic heterocycles. The molecular formula is C7H7BrN4O. The van der Waals surface area contributed by atoms with Crippen LogP contribution in [0.1, 0.15) is 6.42 Å². The molecule has 0 fully saturated rings. The van der Waals surface area contributed by atoms with Crippen molar-refractivity contribution < 1.29 is 4.79 Å². The third-order valence-electron chi connectivity index (χ3n) is 1.38. The standard InChI is InChI=1S/C7H7BrN4O/c1-12-7(8)5(4-10-12)11-6(13)2-3-9/h4H,2H2,1H3,(H,11,13). The Bertz CT molecular complexity index is 365. The van der Waals surface area contributed by atoms with Gasteiger partial charge in [-0.25, -0.2) is 0 Å². The number of carbonyl (C=O) groups excluding carboxylic acids is 1. The summed E-state index contributed by atoms with van der Waals surface area (Å²) < 4.78 is 2.25. The molecule has 0 saturated heterocycles. The monoisotopic (exact) mass is 242 g/mol. The molecule has 13 heavy (non-hydrogen) atoms. The van der Waals surface area contributed by atoms with Gasteiger partial charge in [-0.3, -0.25) is 9.48 Å². The van der Waals surface area contributed by atoms with Gasteiger partial charge in [-0.05, 0) is 15.9 Å². The van der Waals surface area contributed by atoms with Gasteiger partial charge >= 0.3 is 0 Å². The lowest BCUT2D eigenvalue weighted by Gasteiger charge is -1.99. The topological polar surface area (TPSA) is 70.7 Å². The average Bonchev–Trinajstić information content (AvgIpc) is 2.37. The molecule has 0 spiro atoms. The molecule has 0 aliphatic heterocycles. The summed E-state index contributed by atoms with van der Waals surface area (Å²) in [5.41, 5.74) is 0.572. The van der Waals surface area contributed by atoms with Crippen LogP contribution in [-0.4, -0.2) is 15.7 Å². The molecular weight excluding hydrogens is 236 g/mol. The first-order chi connectivity index (χ1) is 6.15. The maximum Gasteiger partial charge on any atom is 0.238 e. The molecule has 1 heterocycles. The predicted molar refractivity (Wildman–Crippen MR) is 49.8 cm³/mol. The van der Waals surface area contributed by atoms with Crippen LogP contribution < -0.4 is 5.32 Å². The number of nitriles is 1. The summed E-state index contributed by atoms with van der Waals surface area (Å²) in [7, 11) is 1.74. The number of rotatable bonds is 2. The van der Waals surface area contributed by atoms with Crippen molar-refractivity contribution in [3.05, 3.63) is 10.8 Å². The molecule has 68 valence electrons. The summed E-state index contributed by atoms with van der Waals surface area (Å²) in [5, 5.41) is 14.7. The Hall–Kier alpha value is -1.35. The minimum atomic E-state index is -0.337. The molecule has 0 aromatic carbocycles. The molecule has 1 aromatic rings. The Morgan fingerprint density at radius 1 is 1.92 bits per heavy atom. The van der Waals surface area contributed by atoms with Crippen molar-refractivity contribution in [2.75, 3.05) is 5.32 Å².